The Bertz CT molecular complexity index is 1350. The fourth-order valence-electron chi connectivity index (χ4n) is 4.20. The summed E-state index contributed by atoms with van der Waals surface area (Å²) in [4.78, 5) is 29.0. The quantitative estimate of drug-likeness (QED) is 0.294. The summed E-state index contributed by atoms with van der Waals surface area (Å²) in [6.45, 7) is 4.00. The summed E-state index contributed by atoms with van der Waals surface area (Å²) in [5.41, 5.74) is 2.88. The first kappa shape index (κ1) is 30.2. The fourth-order valence-corrected chi connectivity index (χ4v) is 5.24. The Kier molecular flexibility index (Phi) is 10.9. The van der Waals surface area contributed by atoms with Gasteiger partial charge in [-0.1, -0.05) is 91.2 Å². The molecule has 0 bridgehead atoms. The second-order valence-electron chi connectivity index (χ2n) is 9.57. The number of rotatable bonds is 13. The van der Waals surface area contributed by atoms with Crippen molar-refractivity contribution in [2.24, 2.45) is 0 Å². The van der Waals surface area contributed by atoms with Crippen LogP contribution in [0.2, 0.25) is 5.02 Å². The highest BCUT2D eigenvalue weighted by Crippen LogP contribution is 2.23. The summed E-state index contributed by atoms with van der Waals surface area (Å²) >= 11 is 6.46. The lowest BCUT2D eigenvalue weighted by Gasteiger charge is -2.33. The van der Waals surface area contributed by atoms with E-state index in [1.165, 1.54) is 4.90 Å². The zero-order chi connectivity index (χ0) is 28.4. The van der Waals surface area contributed by atoms with Crippen LogP contribution in [-0.4, -0.2) is 50.5 Å². The first-order valence-electron chi connectivity index (χ1n) is 13.0. The maximum Gasteiger partial charge on any atom is 0.244 e. The summed E-state index contributed by atoms with van der Waals surface area (Å²) in [5, 5.41) is 3.42. The van der Waals surface area contributed by atoms with E-state index in [1.807, 2.05) is 50.2 Å². The second kappa shape index (κ2) is 14.1. The summed E-state index contributed by atoms with van der Waals surface area (Å²) in [5.74, 6) is -0.804. The van der Waals surface area contributed by atoms with Crippen LogP contribution in [-0.2, 0) is 32.6 Å². The molecule has 9 heteroatoms. The van der Waals surface area contributed by atoms with E-state index < -0.39 is 28.5 Å². The third-order valence-corrected chi connectivity index (χ3v) is 7.91. The van der Waals surface area contributed by atoms with Crippen molar-refractivity contribution in [2.75, 3.05) is 23.7 Å². The SMILES string of the molecule is CCCCNC(=O)[C@@H](Cc1ccccc1)N(Cc1ccccc1Cl)C(=O)CN(c1ccc(C)cc1)S(C)(=O)=O. The molecule has 0 aliphatic carbocycles. The number of carbonyl (C=O) groups is 2. The van der Waals surface area contributed by atoms with Gasteiger partial charge in [-0.3, -0.25) is 13.9 Å². The van der Waals surface area contributed by atoms with Crippen LogP contribution in [0.4, 0.5) is 5.69 Å². The maximum atomic E-state index is 14.0. The highest BCUT2D eigenvalue weighted by atomic mass is 35.5. The molecule has 0 unspecified atom stereocenters. The molecular formula is C30H36ClN3O4S. The van der Waals surface area contributed by atoms with E-state index in [1.54, 1.807) is 42.5 Å². The molecule has 3 aromatic carbocycles. The van der Waals surface area contributed by atoms with Crippen molar-refractivity contribution >= 4 is 39.1 Å². The highest BCUT2D eigenvalue weighted by molar-refractivity contribution is 7.92. The Labute approximate surface area is 236 Å². The topological polar surface area (TPSA) is 86.8 Å². The minimum atomic E-state index is -3.80. The molecule has 208 valence electrons. The van der Waals surface area contributed by atoms with Crippen LogP contribution in [0.15, 0.2) is 78.9 Å². The fraction of sp³-hybridized carbons (Fsp3) is 0.333. The highest BCUT2D eigenvalue weighted by Gasteiger charge is 2.33. The molecule has 0 saturated carbocycles. The van der Waals surface area contributed by atoms with Crippen LogP contribution in [0, 0.1) is 6.92 Å². The number of anilines is 1. The number of nitrogens with zero attached hydrogens (tertiary/aromatic N) is 2. The average molecular weight is 570 g/mol. The van der Waals surface area contributed by atoms with Gasteiger partial charge in [-0.05, 0) is 42.7 Å². The third kappa shape index (κ3) is 8.83. The standard InChI is InChI=1S/C30H36ClN3O4S/c1-4-5-19-32-30(36)28(20-24-11-7-6-8-12-24)33(21-25-13-9-10-14-27(25)31)29(35)22-34(39(3,37)38)26-17-15-23(2)16-18-26/h6-18,28H,4-5,19-22H2,1-3H3,(H,32,36)/t28-/m1/s1. The van der Waals surface area contributed by atoms with E-state index >= 15 is 0 Å². The Morgan fingerprint density at radius 3 is 2.21 bits per heavy atom. The van der Waals surface area contributed by atoms with Gasteiger partial charge in [0.15, 0.2) is 0 Å². The van der Waals surface area contributed by atoms with Crippen LogP contribution >= 0.6 is 11.6 Å². The first-order chi connectivity index (χ1) is 18.6. The first-order valence-corrected chi connectivity index (χ1v) is 15.2. The number of nitrogens with one attached hydrogen (secondary N) is 1. The van der Waals surface area contributed by atoms with Crippen molar-refractivity contribution in [3.05, 3.63) is 101 Å². The van der Waals surface area contributed by atoms with Gasteiger partial charge in [0.25, 0.3) is 0 Å². The Morgan fingerprint density at radius 2 is 1.59 bits per heavy atom. The average Bonchev–Trinajstić information content (AvgIpc) is 2.91. The van der Waals surface area contributed by atoms with Crippen LogP contribution in [0.3, 0.4) is 0 Å². The predicted molar refractivity (Wildman–Crippen MR) is 157 cm³/mol. The normalized spacial score (nSPS) is 12.0. The molecule has 0 fully saturated rings. The molecule has 0 aromatic heterocycles. The van der Waals surface area contributed by atoms with E-state index in [2.05, 4.69) is 5.32 Å². The Morgan fingerprint density at radius 1 is 0.949 bits per heavy atom. The number of sulfonamides is 1. The largest absolute Gasteiger partial charge is 0.354 e. The van der Waals surface area contributed by atoms with Crippen LogP contribution in [0.25, 0.3) is 0 Å². The van der Waals surface area contributed by atoms with Crippen LogP contribution < -0.4 is 9.62 Å². The van der Waals surface area contributed by atoms with Crippen LogP contribution in [0.5, 0.6) is 0 Å². The van der Waals surface area contributed by atoms with E-state index in [9.17, 15) is 18.0 Å². The van der Waals surface area contributed by atoms with Gasteiger partial charge in [-0.15, -0.1) is 0 Å². The smallest absolute Gasteiger partial charge is 0.244 e. The van der Waals surface area contributed by atoms with E-state index in [-0.39, 0.29) is 18.9 Å². The molecule has 0 saturated heterocycles. The van der Waals surface area contributed by atoms with Gasteiger partial charge in [0.2, 0.25) is 21.8 Å². The van der Waals surface area contributed by atoms with Gasteiger partial charge in [0.05, 0.1) is 11.9 Å². The van der Waals surface area contributed by atoms with E-state index in [0.29, 0.717) is 22.8 Å². The zero-order valence-corrected chi connectivity index (χ0v) is 24.2. The van der Waals surface area contributed by atoms with Gasteiger partial charge in [-0.25, -0.2) is 8.42 Å². The lowest BCUT2D eigenvalue weighted by molar-refractivity contribution is -0.140. The minimum Gasteiger partial charge on any atom is -0.354 e. The number of unbranched alkanes of at least 4 members (excludes halogenated alkanes) is 1. The van der Waals surface area contributed by atoms with Gasteiger partial charge in [0.1, 0.15) is 12.6 Å². The molecule has 0 aliphatic heterocycles. The summed E-state index contributed by atoms with van der Waals surface area (Å²) in [6, 6.07) is 22.6. The lowest BCUT2D eigenvalue weighted by Crippen LogP contribution is -2.53. The number of hydrogen-bond acceptors (Lipinski definition) is 4. The van der Waals surface area contributed by atoms with Crippen molar-refractivity contribution in [1.29, 1.82) is 0 Å². The molecule has 1 atom stereocenters. The van der Waals surface area contributed by atoms with Crippen molar-refractivity contribution in [3.63, 3.8) is 0 Å². The van der Waals surface area contributed by atoms with Crippen molar-refractivity contribution in [3.8, 4) is 0 Å². The van der Waals surface area contributed by atoms with Crippen LogP contribution in [0.1, 0.15) is 36.5 Å². The predicted octanol–water partition coefficient (Wildman–Crippen LogP) is 4.97. The van der Waals surface area contributed by atoms with Gasteiger partial charge >= 0.3 is 0 Å². The summed E-state index contributed by atoms with van der Waals surface area (Å²) < 4.78 is 26.7. The number of aryl methyl sites for hydroxylation is 1. The minimum absolute atomic E-state index is 0.0443. The molecule has 3 aromatic rings. The molecule has 0 aliphatic rings. The summed E-state index contributed by atoms with van der Waals surface area (Å²) in [6.07, 6.45) is 3.04. The lowest BCUT2D eigenvalue weighted by atomic mass is 10.0. The molecule has 39 heavy (non-hydrogen) atoms. The molecular weight excluding hydrogens is 534 g/mol. The number of halogens is 1. The van der Waals surface area contributed by atoms with Gasteiger partial charge in [0, 0.05) is 24.5 Å². The Balaban J connectivity index is 2.03. The maximum absolute atomic E-state index is 14.0. The number of amides is 2. The molecule has 3 rings (SSSR count). The monoisotopic (exact) mass is 569 g/mol. The van der Waals surface area contributed by atoms with E-state index in [4.69, 9.17) is 11.6 Å². The second-order valence-corrected chi connectivity index (χ2v) is 11.9. The molecule has 0 spiro atoms. The molecule has 2 amide bonds. The van der Waals surface area contributed by atoms with Crippen molar-refractivity contribution in [1.82, 2.24) is 10.2 Å². The molecule has 7 nitrogen and oxygen atoms in total. The van der Waals surface area contributed by atoms with Crippen molar-refractivity contribution in [2.45, 2.75) is 45.7 Å². The number of carbonyl (C=O) groups excluding carboxylic acids is 2. The number of hydrogen-bond donors (Lipinski definition) is 1. The molecule has 0 heterocycles. The molecule has 1 N–H and O–H groups in total. The van der Waals surface area contributed by atoms with Gasteiger partial charge < -0.3 is 10.2 Å². The van der Waals surface area contributed by atoms with Gasteiger partial charge in [-0.2, -0.15) is 0 Å². The number of benzene rings is 3. The Hall–Kier alpha value is -3.36. The zero-order valence-electron chi connectivity index (χ0n) is 22.6. The van der Waals surface area contributed by atoms with Crippen molar-refractivity contribution < 1.29 is 18.0 Å². The summed E-state index contributed by atoms with van der Waals surface area (Å²) in [7, 11) is -3.80. The molecule has 0 radical (unpaired) electrons. The van der Waals surface area contributed by atoms with E-state index in [0.717, 1.165) is 34.5 Å². The third-order valence-electron chi connectivity index (χ3n) is 6.40.